The maximum absolute atomic E-state index is 12.9. The molecular formula is C14H16F3N3O. The summed E-state index contributed by atoms with van der Waals surface area (Å²) in [5.41, 5.74) is 3.93. The maximum atomic E-state index is 12.9. The number of nitrogens with one attached hydrogen (secondary N) is 1. The van der Waals surface area contributed by atoms with Crippen LogP contribution in [0.15, 0.2) is 18.2 Å². The molecule has 4 nitrogen and oxygen atoms in total. The quantitative estimate of drug-likeness (QED) is 0.877. The number of carbonyl (C=O) groups is 1. The average Bonchev–Trinajstić information content (AvgIpc) is 2.44. The van der Waals surface area contributed by atoms with Gasteiger partial charge < -0.3 is 11.1 Å². The summed E-state index contributed by atoms with van der Waals surface area (Å²) in [5, 5.41) is 10.9. The van der Waals surface area contributed by atoms with E-state index in [4.69, 9.17) is 11.0 Å². The molecule has 0 aliphatic heterocycles. The molecule has 1 unspecified atom stereocenters. The number of anilines is 1. The Kier molecular flexibility index (Phi) is 5.73. The van der Waals surface area contributed by atoms with Crippen molar-refractivity contribution in [3.63, 3.8) is 0 Å². The lowest BCUT2D eigenvalue weighted by Gasteiger charge is -2.14. The zero-order valence-corrected chi connectivity index (χ0v) is 11.5. The molecule has 1 aromatic rings. The fourth-order valence-electron chi connectivity index (χ4n) is 1.67. The molecule has 114 valence electrons. The number of hydrogen-bond acceptors (Lipinski definition) is 3. The number of alkyl halides is 3. The van der Waals surface area contributed by atoms with Crippen LogP contribution in [0.25, 0.3) is 0 Å². The first kappa shape index (κ1) is 17.0. The first-order valence-corrected chi connectivity index (χ1v) is 6.39. The van der Waals surface area contributed by atoms with Crippen LogP contribution in [0.2, 0.25) is 0 Å². The fourth-order valence-corrected chi connectivity index (χ4v) is 1.67. The first-order chi connectivity index (χ1) is 9.77. The number of benzene rings is 1. The van der Waals surface area contributed by atoms with E-state index in [1.807, 2.05) is 6.92 Å². The van der Waals surface area contributed by atoms with E-state index in [2.05, 4.69) is 5.32 Å². The predicted molar refractivity (Wildman–Crippen MR) is 72.2 cm³/mol. The van der Waals surface area contributed by atoms with Gasteiger partial charge in [-0.15, -0.1) is 0 Å². The van der Waals surface area contributed by atoms with E-state index < -0.39 is 17.6 Å². The summed E-state index contributed by atoms with van der Waals surface area (Å²) in [7, 11) is 0. The number of rotatable bonds is 5. The Morgan fingerprint density at radius 3 is 2.67 bits per heavy atom. The van der Waals surface area contributed by atoms with Crippen LogP contribution < -0.4 is 11.1 Å². The SMILES string of the molecule is CC(CN)CCC(=O)Nc1ccc(C#N)cc1C(F)(F)F. The first-order valence-electron chi connectivity index (χ1n) is 6.39. The van der Waals surface area contributed by atoms with Gasteiger partial charge in [0, 0.05) is 6.42 Å². The smallest absolute Gasteiger partial charge is 0.330 e. The minimum Gasteiger partial charge on any atom is -0.330 e. The second-order valence-corrected chi connectivity index (χ2v) is 4.80. The van der Waals surface area contributed by atoms with Crippen molar-refractivity contribution in [3.05, 3.63) is 29.3 Å². The van der Waals surface area contributed by atoms with Crippen molar-refractivity contribution in [1.82, 2.24) is 0 Å². The van der Waals surface area contributed by atoms with Gasteiger partial charge in [-0.1, -0.05) is 6.92 Å². The van der Waals surface area contributed by atoms with Gasteiger partial charge in [0.2, 0.25) is 5.91 Å². The third-order valence-electron chi connectivity index (χ3n) is 2.99. The molecule has 1 amide bonds. The van der Waals surface area contributed by atoms with Crippen LogP contribution >= 0.6 is 0 Å². The van der Waals surface area contributed by atoms with E-state index in [9.17, 15) is 18.0 Å². The largest absolute Gasteiger partial charge is 0.418 e. The van der Waals surface area contributed by atoms with E-state index >= 15 is 0 Å². The maximum Gasteiger partial charge on any atom is 0.418 e. The molecule has 3 N–H and O–H groups in total. The zero-order chi connectivity index (χ0) is 16.0. The third-order valence-corrected chi connectivity index (χ3v) is 2.99. The minimum absolute atomic E-state index is 0.0929. The Bertz CT molecular complexity index is 549. The molecule has 0 spiro atoms. The van der Waals surface area contributed by atoms with E-state index in [1.54, 1.807) is 6.07 Å². The molecule has 0 aliphatic carbocycles. The van der Waals surface area contributed by atoms with Crippen LogP contribution in [0.3, 0.4) is 0 Å². The Morgan fingerprint density at radius 2 is 2.14 bits per heavy atom. The van der Waals surface area contributed by atoms with Crippen molar-refractivity contribution < 1.29 is 18.0 Å². The van der Waals surface area contributed by atoms with Crippen LogP contribution in [0.4, 0.5) is 18.9 Å². The second kappa shape index (κ2) is 7.09. The van der Waals surface area contributed by atoms with Gasteiger partial charge >= 0.3 is 6.18 Å². The van der Waals surface area contributed by atoms with Gasteiger partial charge in [-0.25, -0.2) is 0 Å². The number of amides is 1. The van der Waals surface area contributed by atoms with Crippen LogP contribution in [-0.2, 0) is 11.0 Å². The second-order valence-electron chi connectivity index (χ2n) is 4.80. The Balaban J connectivity index is 2.88. The van der Waals surface area contributed by atoms with Crippen LogP contribution in [0, 0.1) is 17.2 Å². The van der Waals surface area contributed by atoms with Crippen molar-refractivity contribution in [2.24, 2.45) is 11.7 Å². The molecule has 0 heterocycles. The topological polar surface area (TPSA) is 78.9 Å². The van der Waals surface area contributed by atoms with Gasteiger partial charge in [-0.3, -0.25) is 4.79 Å². The minimum atomic E-state index is -4.64. The van der Waals surface area contributed by atoms with E-state index in [1.165, 1.54) is 6.07 Å². The lowest BCUT2D eigenvalue weighted by Crippen LogP contribution is -2.18. The summed E-state index contributed by atoms with van der Waals surface area (Å²) in [6, 6.07) is 4.68. The van der Waals surface area contributed by atoms with Crippen molar-refractivity contribution >= 4 is 11.6 Å². The molecule has 0 aliphatic rings. The fraction of sp³-hybridized carbons (Fsp3) is 0.429. The molecule has 1 rings (SSSR count). The molecular weight excluding hydrogens is 283 g/mol. The predicted octanol–water partition coefficient (Wildman–Crippen LogP) is 2.89. The van der Waals surface area contributed by atoms with Gasteiger partial charge in [-0.2, -0.15) is 18.4 Å². The lowest BCUT2D eigenvalue weighted by molar-refractivity contribution is -0.137. The summed E-state index contributed by atoms with van der Waals surface area (Å²) < 4.78 is 38.7. The molecule has 0 aromatic heterocycles. The number of nitrogens with zero attached hydrogens (tertiary/aromatic N) is 1. The van der Waals surface area contributed by atoms with Crippen molar-refractivity contribution in [1.29, 1.82) is 5.26 Å². The summed E-state index contributed by atoms with van der Waals surface area (Å²) in [4.78, 5) is 11.7. The molecule has 21 heavy (non-hydrogen) atoms. The van der Waals surface area contributed by atoms with Crippen molar-refractivity contribution in [2.75, 3.05) is 11.9 Å². The number of hydrogen-bond donors (Lipinski definition) is 2. The lowest BCUT2D eigenvalue weighted by atomic mass is 10.1. The molecule has 0 fully saturated rings. The van der Waals surface area contributed by atoms with Gasteiger partial charge in [0.25, 0.3) is 0 Å². The molecule has 0 bridgehead atoms. The number of nitriles is 1. The summed E-state index contributed by atoms with van der Waals surface area (Å²) in [6.45, 7) is 2.27. The summed E-state index contributed by atoms with van der Waals surface area (Å²) in [6.07, 6.45) is -4.05. The highest BCUT2D eigenvalue weighted by atomic mass is 19.4. The van der Waals surface area contributed by atoms with Crippen LogP contribution in [0.5, 0.6) is 0 Å². The van der Waals surface area contributed by atoms with E-state index in [0.717, 1.165) is 12.1 Å². The van der Waals surface area contributed by atoms with Crippen molar-refractivity contribution in [2.45, 2.75) is 25.9 Å². The highest BCUT2D eigenvalue weighted by Crippen LogP contribution is 2.35. The third kappa shape index (κ3) is 5.08. The number of carbonyl (C=O) groups excluding carboxylic acids is 1. The highest BCUT2D eigenvalue weighted by molar-refractivity contribution is 5.91. The average molecular weight is 299 g/mol. The molecule has 0 radical (unpaired) electrons. The van der Waals surface area contributed by atoms with Gasteiger partial charge in [0.1, 0.15) is 0 Å². The van der Waals surface area contributed by atoms with Crippen molar-refractivity contribution in [3.8, 4) is 6.07 Å². The monoisotopic (exact) mass is 299 g/mol. The number of nitrogens with two attached hydrogens (primary N) is 1. The Morgan fingerprint density at radius 1 is 1.48 bits per heavy atom. The Hall–Kier alpha value is -2.07. The van der Waals surface area contributed by atoms with Crippen LogP contribution in [0.1, 0.15) is 30.9 Å². The van der Waals surface area contributed by atoms with Gasteiger partial charge in [-0.05, 0) is 37.1 Å². The molecule has 7 heteroatoms. The molecule has 0 saturated heterocycles. The Labute approximate surface area is 120 Å². The zero-order valence-electron chi connectivity index (χ0n) is 11.5. The van der Waals surface area contributed by atoms with E-state index in [0.29, 0.717) is 13.0 Å². The molecule has 1 atom stereocenters. The van der Waals surface area contributed by atoms with Crippen LogP contribution in [-0.4, -0.2) is 12.5 Å². The molecule has 0 saturated carbocycles. The van der Waals surface area contributed by atoms with Gasteiger partial charge in [0.15, 0.2) is 0 Å². The van der Waals surface area contributed by atoms with Gasteiger partial charge in [0.05, 0.1) is 22.9 Å². The standard InChI is InChI=1S/C14H16F3N3O/c1-9(7-18)2-5-13(21)20-12-4-3-10(8-19)6-11(12)14(15,16)17/h3-4,6,9H,2,5,7,18H2,1H3,(H,20,21). The highest BCUT2D eigenvalue weighted by Gasteiger charge is 2.34. The summed E-state index contributed by atoms with van der Waals surface area (Å²) >= 11 is 0. The number of halogens is 3. The van der Waals surface area contributed by atoms with E-state index in [-0.39, 0.29) is 23.6 Å². The summed E-state index contributed by atoms with van der Waals surface area (Å²) in [5.74, 6) is -0.385. The molecule has 1 aromatic carbocycles. The normalized spacial score (nSPS) is 12.6.